The summed E-state index contributed by atoms with van der Waals surface area (Å²) < 4.78 is 13.3. The lowest BCUT2D eigenvalue weighted by Gasteiger charge is -2.04. The van der Waals surface area contributed by atoms with E-state index in [0.717, 1.165) is 25.4 Å². The van der Waals surface area contributed by atoms with Crippen LogP contribution >= 0.6 is 27.3 Å². The molecule has 0 bridgehead atoms. The Hall–Kier alpha value is -2.64. The van der Waals surface area contributed by atoms with Crippen molar-refractivity contribution in [2.24, 2.45) is 0 Å². The SMILES string of the molecule is O=C(NCc1nc2ccccc2s1)c1ccc(COc2ccc(Br)cc2)o1. The predicted molar refractivity (Wildman–Crippen MR) is 108 cm³/mol. The van der Waals surface area contributed by atoms with Crippen LogP contribution in [-0.2, 0) is 13.2 Å². The maximum Gasteiger partial charge on any atom is 0.287 e. The molecule has 0 saturated heterocycles. The highest BCUT2D eigenvalue weighted by Crippen LogP contribution is 2.21. The van der Waals surface area contributed by atoms with Gasteiger partial charge in [0.1, 0.15) is 23.1 Å². The summed E-state index contributed by atoms with van der Waals surface area (Å²) in [6.45, 7) is 0.621. The van der Waals surface area contributed by atoms with Crippen LogP contribution in [0.25, 0.3) is 10.2 Å². The number of rotatable bonds is 6. The van der Waals surface area contributed by atoms with Gasteiger partial charge in [-0.3, -0.25) is 4.79 Å². The number of hydrogen-bond donors (Lipinski definition) is 1. The second-order valence-corrected chi connectivity index (χ2v) is 7.80. The Morgan fingerprint density at radius 2 is 1.93 bits per heavy atom. The van der Waals surface area contributed by atoms with Crippen molar-refractivity contribution in [2.45, 2.75) is 13.2 Å². The van der Waals surface area contributed by atoms with Crippen molar-refractivity contribution in [3.05, 3.63) is 81.7 Å². The molecule has 136 valence electrons. The van der Waals surface area contributed by atoms with Crippen LogP contribution in [-0.4, -0.2) is 10.9 Å². The number of nitrogens with one attached hydrogen (secondary N) is 1. The maximum absolute atomic E-state index is 12.3. The fourth-order valence-corrected chi connectivity index (χ4v) is 3.67. The Balaban J connectivity index is 1.33. The van der Waals surface area contributed by atoms with Gasteiger partial charge in [-0.25, -0.2) is 4.98 Å². The topological polar surface area (TPSA) is 64.4 Å². The predicted octanol–water partition coefficient (Wildman–Crippen LogP) is 5.16. The van der Waals surface area contributed by atoms with Crippen LogP contribution in [0.3, 0.4) is 0 Å². The van der Waals surface area contributed by atoms with Gasteiger partial charge in [-0.2, -0.15) is 0 Å². The molecule has 1 N–H and O–H groups in total. The second kappa shape index (κ2) is 7.94. The van der Waals surface area contributed by atoms with Gasteiger partial charge >= 0.3 is 0 Å². The zero-order valence-corrected chi connectivity index (χ0v) is 16.5. The number of para-hydroxylation sites is 1. The Labute approximate surface area is 168 Å². The van der Waals surface area contributed by atoms with Gasteiger partial charge in [-0.05, 0) is 48.5 Å². The van der Waals surface area contributed by atoms with Crippen LogP contribution in [0.5, 0.6) is 5.75 Å². The second-order valence-electron chi connectivity index (χ2n) is 5.77. The van der Waals surface area contributed by atoms with Crippen molar-refractivity contribution >= 4 is 43.4 Å². The highest BCUT2D eigenvalue weighted by molar-refractivity contribution is 9.10. The van der Waals surface area contributed by atoms with Gasteiger partial charge in [0, 0.05) is 4.47 Å². The van der Waals surface area contributed by atoms with E-state index in [-0.39, 0.29) is 18.3 Å². The molecule has 0 spiro atoms. The number of thiazole rings is 1. The molecule has 0 aliphatic carbocycles. The summed E-state index contributed by atoms with van der Waals surface area (Å²) in [4.78, 5) is 16.8. The zero-order chi connectivity index (χ0) is 18.6. The molecule has 0 unspecified atom stereocenters. The van der Waals surface area contributed by atoms with Crippen molar-refractivity contribution < 1.29 is 13.9 Å². The van der Waals surface area contributed by atoms with Crippen molar-refractivity contribution in [1.82, 2.24) is 10.3 Å². The quantitative estimate of drug-likeness (QED) is 0.447. The summed E-state index contributed by atoms with van der Waals surface area (Å²) in [6, 6.07) is 18.8. The van der Waals surface area contributed by atoms with E-state index in [0.29, 0.717) is 12.3 Å². The molecule has 2 aromatic carbocycles. The number of carbonyl (C=O) groups excluding carboxylic acids is 1. The van der Waals surface area contributed by atoms with E-state index in [9.17, 15) is 4.79 Å². The lowest BCUT2D eigenvalue weighted by atomic mass is 10.3. The van der Waals surface area contributed by atoms with Crippen LogP contribution in [0, 0.1) is 0 Å². The van der Waals surface area contributed by atoms with Gasteiger partial charge in [-0.15, -0.1) is 11.3 Å². The molecule has 0 atom stereocenters. The summed E-state index contributed by atoms with van der Waals surface area (Å²) in [5.41, 5.74) is 0.942. The van der Waals surface area contributed by atoms with Crippen LogP contribution in [0.1, 0.15) is 21.3 Å². The smallest absolute Gasteiger partial charge is 0.287 e. The molecule has 5 nitrogen and oxygen atoms in total. The van der Waals surface area contributed by atoms with Crippen molar-refractivity contribution in [3.8, 4) is 5.75 Å². The molecular weight excluding hydrogens is 428 g/mol. The first-order valence-corrected chi connectivity index (χ1v) is 9.88. The summed E-state index contributed by atoms with van der Waals surface area (Å²) >= 11 is 4.95. The Morgan fingerprint density at radius 1 is 1.11 bits per heavy atom. The molecule has 27 heavy (non-hydrogen) atoms. The van der Waals surface area contributed by atoms with Gasteiger partial charge in [-0.1, -0.05) is 28.1 Å². The fraction of sp³-hybridized carbons (Fsp3) is 0.100. The number of nitrogens with zero attached hydrogens (tertiary/aromatic N) is 1. The maximum atomic E-state index is 12.3. The number of furan rings is 1. The number of benzene rings is 2. The summed E-state index contributed by atoms with van der Waals surface area (Å²) in [6.07, 6.45) is 0. The van der Waals surface area contributed by atoms with E-state index >= 15 is 0 Å². The van der Waals surface area contributed by atoms with Gasteiger partial charge < -0.3 is 14.5 Å². The van der Waals surface area contributed by atoms with E-state index < -0.39 is 0 Å². The van der Waals surface area contributed by atoms with Gasteiger partial charge in [0.15, 0.2) is 5.76 Å². The molecule has 7 heteroatoms. The van der Waals surface area contributed by atoms with Gasteiger partial charge in [0.25, 0.3) is 5.91 Å². The Morgan fingerprint density at radius 3 is 2.74 bits per heavy atom. The van der Waals surface area contributed by atoms with E-state index in [2.05, 4.69) is 26.2 Å². The van der Waals surface area contributed by atoms with Crippen LogP contribution in [0.4, 0.5) is 0 Å². The van der Waals surface area contributed by atoms with E-state index in [1.165, 1.54) is 0 Å². The molecule has 4 rings (SSSR count). The van der Waals surface area contributed by atoms with Crippen LogP contribution in [0.15, 0.2) is 69.6 Å². The Bertz CT molecular complexity index is 1040. The molecule has 4 aromatic rings. The minimum Gasteiger partial charge on any atom is -0.486 e. The first kappa shape index (κ1) is 17.8. The third-order valence-electron chi connectivity index (χ3n) is 3.82. The molecule has 2 aromatic heterocycles. The first-order chi connectivity index (χ1) is 13.2. The van der Waals surface area contributed by atoms with Gasteiger partial charge in [0.2, 0.25) is 0 Å². The monoisotopic (exact) mass is 442 g/mol. The Kier molecular flexibility index (Phi) is 5.22. The largest absolute Gasteiger partial charge is 0.486 e. The number of carbonyl (C=O) groups is 1. The lowest BCUT2D eigenvalue weighted by molar-refractivity contribution is 0.0919. The van der Waals surface area contributed by atoms with E-state index in [1.54, 1.807) is 23.5 Å². The normalized spacial score (nSPS) is 10.9. The molecule has 0 radical (unpaired) electrons. The molecular formula is C20H15BrN2O3S. The minimum atomic E-state index is -0.274. The number of ether oxygens (including phenoxy) is 1. The summed E-state index contributed by atoms with van der Waals surface area (Å²) in [7, 11) is 0. The third kappa shape index (κ3) is 4.37. The minimum absolute atomic E-state index is 0.255. The first-order valence-electron chi connectivity index (χ1n) is 8.27. The molecule has 0 saturated carbocycles. The number of halogens is 1. The molecule has 1 amide bonds. The average Bonchev–Trinajstić information content (AvgIpc) is 3.32. The molecule has 0 fully saturated rings. The molecule has 0 aliphatic heterocycles. The number of amides is 1. The van der Waals surface area contributed by atoms with Crippen molar-refractivity contribution in [3.63, 3.8) is 0 Å². The third-order valence-corrected chi connectivity index (χ3v) is 5.38. The summed E-state index contributed by atoms with van der Waals surface area (Å²) in [5, 5.41) is 3.70. The number of fused-ring (bicyclic) bond motifs is 1. The highest BCUT2D eigenvalue weighted by atomic mass is 79.9. The average molecular weight is 443 g/mol. The van der Waals surface area contributed by atoms with Crippen molar-refractivity contribution in [2.75, 3.05) is 0 Å². The standard InChI is InChI=1S/C20H15BrN2O3S/c21-13-5-7-14(8-6-13)25-12-15-9-10-17(26-15)20(24)22-11-19-23-16-3-1-2-4-18(16)27-19/h1-10H,11-12H2,(H,22,24). The molecule has 0 aliphatic rings. The van der Waals surface area contributed by atoms with E-state index in [4.69, 9.17) is 9.15 Å². The zero-order valence-electron chi connectivity index (χ0n) is 14.1. The van der Waals surface area contributed by atoms with Gasteiger partial charge in [0.05, 0.1) is 16.8 Å². The number of aromatic nitrogens is 1. The fourth-order valence-electron chi connectivity index (χ4n) is 2.50. The van der Waals surface area contributed by atoms with E-state index in [1.807, 2.05) is 48.5 Å². The lowest BCUT2D eigenvalue weighted by Crippen LogP contribution is -2.22. The molecule has 2 heterocycles. The van der Waals surface area contributed by atoms with Crippen LogP contribution in [0.2, 0.25) is 0 Å². The van der Waals surface area contributed by atoms with Crippen LogP contribution < -0.4 is 10.1 Å². The number of hydrogen-bond acceptors (Lipinski definition) is 5. The van der Waals surface area contributed by atoms with Crippen molar-refractivity contribution in [1.29, 1.82) is 0 Å². The summed E-state index contributed by atoms with van der Waals surface area (Å²) in [5.74, 6) is 1.30. The highest BCUT2D eigenvalue weighted by Gasteiger charge is 2.12.